The molecule has 0 aliphatic rings. The van der Waals surface area contributed by atoms with Gasteiger partial charge in [0, 0.05) is 52.4 Å². The zero-order valence-corrected chi connectivity index (χ0v) is 14.5. The van der Waals surface area contributed by atoms with Crippen LogP contribution in [0, 0.1) is 13.8 Å². The van der Waals surface area contributed by atoms with Crippen LogP contribution in [-0.4, -0.2) is 22.1 Å². The largest absolute Gasteiger partial charge is 0.481 e. The number of methoxy groups -OCH3 is 1. The highest BCUT2D eigenvalue weighted by Crippen LogP contribution is 2.31. The highest BCUT2D eigenvalue weighted by atomic mass is 16.5. The molecule has 0 atom stereocenters. The van der Waals surface area contributed by atoms with Crippen LogP contribution in [0.1, 0.15) is 11.1 Å². The van der Waals surface area contributed by atoms with E-state index < -0.39 is 0 Å². The summed E-state index contributed by atoms with van der Waals surface area (Å²) in [4.78, 5) is 12.1. The van der Waals surface area contributed by atoms with E-state index in [1.165, 1.54) is 10.9 Å². The SMILES string of the molecule is COc1cc(C)c(-c2ccc3[nH]c(-c4cnccc4C)cc3c2)cn1. The first-order chi connectivity index (χ1) is 12.2. The summed E-state index contributed by atoms with van der Waals surface area (Å²) in [6.45, 7) is 4.17. The quantitative estimate of drug-likeness (QED) is 0.580. The van der Waals surface area contributed by atoms with Gasteiger partial charge in [-0.05, 0) is 54.8 Å². The molecule has 0 unspecified atom stereocenters. The number of fused-ring (bicyclic) bond motifs is 1. The maximum atomic E-state index is 5.20. The number of benzene rings is 1. The van der Waals surface area contributed by atoms with Gasteiger partial charge in [-0.15, -0.1) is 0 Å². The molecule has 1 N–H and O–H groups in total. The van der Waals surface area contributed by atoms with Crippen molar-refractivity contribution >= 4 is 10.9 Å². The molecule has 0 saturated carbocycles. The Balaban J connectivity index is 1.80. The first-order valence-corrected chi connectivity index (χ1v) is 8.20. The molecule has 4 heteroatoms. The molecule has 0 bridgehead atoms. The van der Waals surface area contributed by atoms with Gasteiger partial charge >= 0.3 is 0 Å². The Morgan fingerprint density at radius 1 is 0.920 bits per heavy atom. The van der Waals surface area contributed by atoms with Gasteiger partial charge in [0.1, 0.15) is 0 Å². The van der Waals surface area contributed by atoms with Crippen molar-refractivity contribution in [3.63, 3.8) is 0 Å². The van der Waals surface area contributed by atoms with Crippen molar-refractivity contribution in [2.24, 2.45) is 0 Å². The van der Waals surface area contributed by atoms with Crippen LogP contribution in [-0.2, 0) is 0 Å². The summed E-state index contributed by atoms with van der Waals surface area (Å²) < 4.78 is 5.20. The lowest BCUT2D eigenvalue weighted by atomic mass is 10.0. The number of nitrogens with zero attached hydrogens (tertiary/aromatic N) is 2. The van der Waals surface area contributed by atoms with Crippen LogP contribution >= 0.6 is 0 Å². The van der Waals surface area contributed by atoms with Gasteiger partial charge < -0.3 is 9.72 Å². The normalized spacial score (nSPS) is 11.0. The predicted molar refractivity (Wildman–Crippen MR) is 101 cm³/mol. The van der Waals surface area contributed by atoms with Gasteiger partial charge in [-0.2, -0.15) is 0 Å². The minimum atomic E-state index is 0.637. The molecule has 0 amide bonds. The van der Waals surface area contributed by atoms with Gasteiger partial charge in [0.25, 0.3) is 0 Å². The first-order valence-electron chi connectivity index (χ1n) is 8.20. The number of hydrogen-bond acceptors (Lipinski definition) is 3. The van der Waals surface area contributed by atoms with Gasteiger partial charge in [0.15, 0.2) is 0 Å². The third-order valence-electron chi connectivity index (χ3n) is 4.56. The lowest BCUT2D eigenvalue weighted by Crippen LogP contribution is -1.90. The van der Waals surface area contributed by atoms with Gasteiger partial charge in [-0.3, -0.25) is 4.98 Å². The number of pyridine rings is 2. The highest BCUT2D eigenvalue weighted by molar-refractivity contribution is 5.90. The second kappa shape index (κ2) is 6.06. The Labute approximate surface area is 146 Å². The molecule has 3 aromatic heterocycles. The number of nitrogens with one attached hydrogen (secondary N) is 1. The fourth-order valence-corrected chi connectivity index (χ4v) is 3.14. The third-order valence-corrected chi connectivity index (χ3v) is 4.56. The Hall–Kier alpha value is -3.14. The Kier molecular flexibility index (Phi) is 3.73. The summed E-state index contributed by atoms with van der Waals surface area (Å²) in [5.74, 6) is 0.637. The molecule has 4 nitrogen and oxygen atoms in total. The summed E-state index contributed by atoms with van der Waals surface area (Å²) in [7, 11) is 1.63. The van der Waals surface area contributed by atoms with E-state index in [1.54, 1.807) is 7.11 Å². The third kappa shape index (κ3) is 2.76. The van der Waals surface area contributed by atoms with E-state index in [2.05, 4.69) is 53.1 Å². The van der Waals surface area contributed by atoms with E-state index in [-0.39, 0.29) is 0 Å². The molecule has 4 rings (SSSR count). The van der Waals surface area contributed by atoms with E-state index in [0.29, 0.717) is 5.88 Å². The van der Waals surface area contributed by atoms with Crippen LogP contribution in [0.5, 0.6) is 5.88 Å². The molecule has 4 aromatic rings. The zero-order valence-electron chi connectivity index (χ0n) is 14.5. The van der Waals surface area contributed by atoms with Crippen molar-refractivity contribution < 1.29 is 4.74 Å². The van der Waals surface area contributed by atoms with Crippen molar-refractivity contribution in [2.75, 3.05) is 7.11 Å². The van der Waals surface area contributed by atoms with E-state index in [0.717, 1.165) is 33.5 Å². The minimum absolute atomic E-state index is 0.637. The topological polar surface area (TPSA) is 50.8 Å². The average molecular weight is 329 g/mol. The number of hydrogen-bond donors (Lipinski definition) is 1. The van der Waals surface area contributed by atoms with Gasteiger partial charge in [0.2, 0.25) is 5.88 Å². The molecular weight excluding hydrogens is 310 g/mol. The van der Waals surface area contributed by atoms with E-state index in [9.17, 15) is 0 Å². The van der Waals surface area contributed by atoms with Gasteiger partial charge in [0.05, 0.1) is 7.11 Å². The lowest BCUT2D eigenvalue weighted by molar-refractivity contribution is 0.397. The van der Waals surface area contributed by atoms with E-state index >= 15 is 0 Å². The van der Waals surface area contributed by atoms with Crippen LogP contribution in [0.3, 0.4) is 0 Å². The van der Waals surface area contributed by atoms with Crippen molar-refractivity contribution in [3.05, 3.63) is 66.1 Å². The average Bonchev–Trinajstić information content (AvgIpc) is 3.04. The number of aromatic amines is 1. The molecule has 0 fully saturated rings. The molecule has 0 radical (unpaired) electrons. The van der Waals surface area contributed by atoms with Crippen LogP contribution < -0.4 is 4.74 Å². The fourth-order valence-electron chi connectivity index (χ4n) is 3.14. The molecular formula is C21H19N3O. The second-order valence-electron chi connectivity index (χ2n) is 6.22. The summed E-state index contributed by atoms with van der Waals surface area (Å²) in [5, 5.41) is 1.17. The number of rotatable bonds is 3. The second-order valence-corrected chi connectivity index (χ2v) is 6.22. The van der Waals surface area contributed by atoms with Crippen LogP contribution in [0.4, 0.5) is 0 Å². The standard InChI is InChI=1S/C21H19N3O/c1-13-6-7-22-11-18(13)20-10-16-9-15(4-5-19(16)24-20)17-12-23-21(25-3)8-14(17)2/h4-12,24H,1-3H3. The van der Waals surface area contributed by atoms with E-state index in [1.807, 2.05) is 30.7 Å². The van der Waals surface area contributed by atoms with E-state index in [4.69, 9.17) is 4.74 Å². The molecule has 0 aliphatic carbocycles. The highest BCUT2D eigenvalue weighted by Gasteiger charge is 2.09. The molecule has 0 spiro atoms. The minimum Gasteiger partial charge on any atom is -0.481 e. The Bertz CT molecular complexity index is 1070. The molecule has 124 valence electrons. The molecule has 1 aromatic carbocycles. The van der Waals surface area contributed by atoms with Crippen molar-refractivity contribution in [3.8, 4) is 28.3 Å². The maximum Gasteiger partial charge on any atom is 0.213 e. The molecule has 25 heavy (non-hydrogen) atoms. The van der Waals surface area contributed by atoms with Crippen LogP contribution in [0.2, 0.25) is 0 Å². The summed E-state index contributed by atoms with van der Waals surface area (Å²) >= 11 is 0. The molecule has 0 saturated heterocycles. The van der Waals surface area contributed by atoms with Crippen molar-refractivity contribution in [1.82, 2.24) is 15.0 Å². The van der Waals surface area contributed by atoms with Crippen LogP contribution in [0.15, 0.2) is 55.0 Å². The number of ether oxygens (including phenoxy) is 1. The summed E-state index contributed by atoms with van der Waals surface area (Å²) in [5.41, 5.74) is 7.93. The molecule has 3 heterocycles. The predicted octanol–water partition coefficient (Wildman–Crippen LogP) is 4.92. The summed E-state index contributed by atoms with van der Waals surface area (Å²) in [6.07, 6.45) is 5.59. The smallest absolute Gasteiger partial charge is 0.213 e. The lowest BCUT2D eigenvalue weighted by Gasteiger charge is -2.07. The first kappa shape index (κ1) is 15.4. The Morgan fingerprint density at radius 3 is 2.56 bits per heavy atom. The number of H-pyrrole nitrogens is 1. The maximum absolute atomic E-state index is 5.20. The molecule has 0 aliphatic heterocycles. The van der Waals surface area contributed by atoms with Crippen LogP contribution in [0.25, 0.3) is 33.3 Å². The number of aryl methyl sites for hydroxylation is 2. The monoisotopic (exact) mass is 329 g/mol. The van der Waals surface area contributed by atoms with Crippen molar-refractivity contribution in [1.29, 1.82) is 0 Å². The Morgan fingerprint density at radius 2 is 1.80 bits per heavy atom. The van der Waals surface area contributed by atoms with Gasteiger partial charge in [-0.1, -0.05) is 6.07 Å². The summed E-state index contributed by atoms with van der Waals surface area (Å²) in [6, 6.07) is 12.6. The number of aromatic nitrogens is 3. The van der Waals surface area contributed by atoms with Gasteiger partial charge in [-0.25, -0.2) is 4.98 Å². The zero-order chi connectivity index (χ0) is 17.4. The fraction of sp³-hybridized carbons (Fsp3) is 0.143. The van der Waals surface area contributed by atoms with Crippen molar-refractivity contribution in [2.45, 2.75) is 13.8 Å².